The van der Waals surface area contributed by atoms with Gasteiger partial charge >= 0.3 is 0 Å². The van der Waals surface area contributed by atoms with Crippen LogP contribution in [0.15, 0.2) is 0 Å². The zero-order valence-electron chi connectivity index (χ0n) is 12.6. The molecule has 4 heteroatoms. The summed E-state index contributed by atoms with van der Waals surface area (Å²) in [6, 6.07) is 0.197. The molecule has 0 fully saturated rings. The standard InChI is InChI=1S/C14H31NO3/c1-11(2)9-18-10-12(17)8-15-13(6-7-16)14(3,4)5/h11-13,15-17H,6-10H2,1-5H3. The van der Waals surface area contributed by atoms with Crippen LogP contribution in [0.4, 0.5) is 0 Å². The van der Waals surface area contributed by atoms with E-state index in [1.807, 2.05) is 0 Å². The van der Waals surface area contributed by atoms with E-state index in [0.717, 1.165) is 0 Å². The third-order valence-electron chi connectivity index (χ3n) is 2.82. The molecule has 4 nitrogen and oxygen atoms in total. The van der Waals surface area contributed by atoms with Crippen molar-refractivity contribution in [3.63, 3.8) is 0 Å². The number of ether oxygens (including phenoxy) is 1. The highest BCUT2D eigenvalue weighted by Crippen LogP contribution is 2.21. The number of aliphatic hydroxyl groups is 2. The molecule has 0 bridgehead atoms. The summed E-state index contributed by atoms with van der Waals surface area (Å²) in [5, 5.41) is 22.1. The van der Waals surface area contributed by atoms with E-state index in [2.05, 4.69) is 39.9 Å². The number of rotatable bonds is 9. The average molecular weight is 261 g/mol. The van der Waals surface area contributed by atoms with E-state index >= 15 is 0 Å². The predicted molar refractivity (Wildman–Crippen MR) is 74.6 cm³/mol. The maximum atomic E-state index is 9.79. The van der Waals surface area contributed by atoms with Crippen molar-refractivity contribution in [2.45, 2.75) is 53.2 Å². The van der Waals surface area contributed by atoms with Gasteiger partial charge in [-0.2, -0.15) is 0 Å². The van der Waals surface area contributed by atoms with Gasteiger partial charge in [-0.25, -0.2) is 0 Å². The Bertz CT molecular complexity index is 202. The Morgan fingerprint density at radius 3 is 2.22 bits per heavy atom. The number of nitrogens with one attached hydrogen (secondary N) is 1. The van der Waals surface area contributed by atoms with Gasteiger partial charge in [0.05, 0.1) is 12.7 Å². The molecule has 110 valence electrons. The molecule has 18 heavy (non-hydrogen) atoms. The second kappa shape index (κ2) is 8.86. The molecule has 0 aromatic rings. The first kappa shape index (κ1) is 17.8. The van der Waals surface area contributed by atoms with Crippen molar-refractivity contribution in [2.24, 2.45) is 11.3 Å². The summed E-state index contributed by atoms with van der Waals surface area (Å²) in [4.78, 5) is 0. The molecule has 0 rings (SSSR count). The van der Waals surface area contributed by atoms with Gasteiger partial charge in [0.2, 0.25) is 0 Å². The Morgan fingerprint density at radius 1 is 1.17 bits per heavy atom. The van der Waals surface area contributed by atoms with Crippen LogP contribution in [0, 0.1) is 11.3 Å². The molecule has 0 saturated carbocycles. The Balaban J connectivity index is 3.89. The minimum atomic E-state index is -0.493. The van der Waals surface area contributed by atoms with Crippen LogP contribution in [-0.2, 0) is 4.74 Å². The maximum absolute atomic E-state index is 9.79. The molecule has 0 amide bonds. The summed E-state index contributed by atoms with van der Waals surface area (Å²) in [5.74, 6) is 0.488. The molecule has 0 aliphatic rings. The smallest absolute Gasteiger partial charge is 0.0897 e. The van der Waals surface area contributed by atoms with E-state index in [1.54, 1.807) is 0 Å². The fourth-order valence-corrected chi connectivity index (χ4v) is 1.75. The fraction of sp³-hybridized carbons (Fsp3) is 1.00. The van der Waals surface area contributed by atoms with Crippen molar-refractivity contribution in [2.75, 3.05) is 26.4 Å². The second-order valence-corrected chi connectivity index (χ2v) is 6.42. The predicted octanol–water partition coefficient (Wildman–Crippen LogP) is 1.41. The van der Waals surface area contributed by atoms with E-state index in [4.69, 9.17) is 9.84 Å². The van der Waals surface area contributed by atoms with E-state index < -0.39 is 6.10 Å². The van der Waals surface area contributed by atoms with Crippen LogP contribution in [0.2, 0.25) is 0 Å². The third-order valence-corrected chi connectivity index (χ3v) is 2.82. The lowest BCUT2D eigenvalue weighted by Gasteiger charge is -2.32. The van der Waals surface area contributed by atoms with Crippen LogP contribution >= 0.6 is 0 Å². The average Bonchev–Trinajstić information content (AvgIpc) is 2.21. The first-order valence-electron chi connectivity index (χ1n) is 6.87. The maximum Gasteiger partial charge on any atom is 0.0897 e. The SMILES string of the molecule is CC(C)COCC(O)CNC(CCO)C(C)(C)C. The van der Waals surface area contributed by atoms with Crippen LogP contribution in [0.5, 0.6) is 0 Å². The molecule has 0 aromatic carbocycles. The first-order valence-corrected chi connectivity index (χ1v) is 6.87. The molecule has 0 spiro atoms. The van der Waals surface area contributed by atoms with Crippen molar-refractivity contribution in [3.8, 4) is 0 Å². The topological polar surface area (TPSA) is 61.7 Å². The Kier molecular flexibility index (Phi) is 8.78. The molecule has 0 heterocycles. The molecule has 0 aliphatic carbocycles. The van der Waals surface area contributed by atoms with Crippen molar-refractivity contribution >= 4 is 0 Å². The zero-order valence-corrected chi connectivity index (χ0v) is 12.6. The highest BCUT2D eigenvalue weighted by molar-refractivity contribution is 4.81. The molecule has 2 unspecified atom stereocenters. The lowest BCUT2D eigenvalue weighted by molar-refractivity contribution is 0.0223. The third kappa shape index (κ3) is 8.86. The lowest BCUT2D eigenvalue weighted by Crippen LogP contribution is -2.45. The van der Waals surface area contributed by atoms with Gasteiger partial charge in [-0.3, -0.25) is 0 Å². The quantitative estimate of drug-likeness (QED) is 0.587. The van der Waals surface area contributed by atoms with E-state index in [-0.39, 0.29) is 18.1 Å². The summed E-state index contributed by atoms with van der Waals surface area (Å²) in [6.07, 6.45) is 0.204. The highest BCUT2D eigenvalue weighted by atomic mass is 16.5. The highest BCUT2D eigenvalue weighted by Gasteiger charge is 2.24. The van der Waals surface area contributed by atoms with Gasteiger partial charge in [-0.05, 0) is 17.8 Å². The molecular formula is C14H31NO3. The molecule has 0 aromatic heterocycles. The molecule has 3 N–H and O–H groups in total. The van der Waals surface area contributed by atoms with Crippen LogP contribution in [-0.4, -0.2) is 48.7 Å². The monoisotopic (exact) mass is 261 g/mol. The summed E-state index contributed by atoms with van der Waals surface area (Å²) >= 11 is 0. The summed E-state index contributed by atoms with van der Waals surface area (Å²) in [6.45, 7) is 12.3. The van der Waals surface area contributed by atoms with Crippen molar-refractivity contribution in [3.05, 3.63) is 0 Å². The van der Waals surface area contributed by atoms with Gasteiger partial charge in [0.15, 0.2) is 0 Å². The van der Waals surface area contributed by atoms with Crippen LogP contribution < -0.4 is 5.32 Å². The normalized spacial score (nSPS) is 16.0. The second-order valence-electron chi connectivity index (χ2n) is 6.42. The van der Waals surface area contributed by atoms with Crippen LogP contribution in [0.1, 0.15) is 41.0 Å². The molecule has 0 saturated heterocycles. The van der Waals surface area contributed by atoms with Crippen molar-refractivity contribution in [1.82, 2.24) is 5.32 Å². The molecule has 0 aliphatic heterocycles. The van der Waals surface area contributed by atoms with Gasteiger partial charge in [0.25, 0.3) is 0 Å². The van der Waals surface area contributed by atoms with Gasteiger partial charge in [-0.1, -0.05) is 34.6 Å². The van der Waals surface area contributed by atoms with Gasteiger partial charge in [0, 0.05) is 25.8 Å². The lowest BCUT2D eigenvalue weighted by atomic mass is 9.85. The van der Waals surface area contributed by atoms with Gasteiger partial charge < -0.3 is 20.3 Å². The van der Waals surface area contributed by atoms with Crippen molar-refractivity contribution < 1.29 is 14.9 Å². The van der Waals surface area contributed by atoms with Gasteiger partial charge in [0.1, 0.15) is 0 Å². The van der Waals surface area contributed by atoms with Crippen LogP contribution in [0.3, 0.4) is 0 Å². The summed E-state index contributed by atoms with van der Waals surface area (Å²) in [7, 11) is 0. The van der Waals surface area contributed by atoms with E-state index in [0.29, 0.717) is 32.1 Å². The Hall–Kier alpha value is -0.160. The first-order chi connectivity index (χ1) is 8.27. The van der Waals surface area contributed by atoms with E-state index in [9.17, 15) is 5.11 Å². The Labute approximate surface area is 112 Å². The zero-order chi connectivity index (χ0) is 14.2. The summed E-state index contributed by atoms with van der Waals surface area (Å²) in [5.41, 5.74) is 0.0707. The minimum absolute atomic E-state index is 0.0707. The van der Waals surface area contributed by atoms with Crippen LogP contribution in [0.25, 0.3) is 0 Å². The fourth-order valence-electron chi connectivity index (χ4n) is 1.75. The minimum Gasteiger partial charge on any atom is -0.396 e. The molecule has 2 atom stereocenters. The number of aliphatic hydroxyl groups excluding tert-OH is 2. The van der Waals surface area contributed by atoms with E-state index in [1.165, 1.54) is 0 Å². The molecular weight excluding hydrogens is 230 g/mol. The number of hydrogen-bond acceptors (Lipinski definition) is 4. The molecule has 0 radical (unpaired) electrons. The van der Waals surface area contributed by atoms with Crippen molar-refractivity contribution in [1.29, 1.82) is 0 Å². The number of hydrogen-bond donors (Lipinski definition) is 3. The van der Waals surface area contributed by atoms with Gasteiger partial charge in [-0.15, -0.1) is 0 Å². The Morgan fingerprint density at radius 2 is 1.78 bits per heavy atom. The summed E-state index contributed by atoms with van der Waals surface area (Å²) < 4.78 is 5.40. The largest absolute Gasteiger partial charge is 0.396 e.